The second kappa shape index (κ2) is 6.29. The van der Waals surface area contributed by atoms with Crippen molar-refractivity contribution < 1.29 is 9.53 Å². The molecule has 110 valence electrons. The smallest absolute Gasteiger partial charge is 0.331 e. The topological polar surface area (TPSA) is 38.3 Å². The van der Waals surface area contributed by atoms with Crippen LogP contribution in [0.5, 0.6) is 0 Å². The molecule has 0 amide bonds. The van der Waals surface area contributed by atoms with Crippen molar-refractivity contribution in [3.05, 3.63) is 29.8 Å². The van der Waals surface area contributed by atoms with E-state index in [2.05, 4.69) is 31.3 Å². The Kier molecular flexibility index (Phi) is 4.69. The van der Waals surface area contributed by atoms with Gasteiger partial charge in [0.1, 0.15) is 5.54 Å². The average Bonchev–Trinajstić information content (AvgIpc) is 2.49. The van der Waals surface area contributed by atoms with E-state index in [1.165, 1.54) is 19.1 Å². The minimum Gasteiger partial charge on any atom is -0.467 e. The molecule has 1 aliphatic carbocycles. The molecule has 1 aliphatic rings. The van der Waals surface area contributed by atoms with Crippen LogP contribution in [-0.4, -0.2) is 18.6 Å². The van der Waals surface area contributed by atoms with E-state index in [1.54, 1.807) is 0 Å². The summed E-state index contributed by atoms with van der Waals surface area (Å²) in [5.41, 5.74) is 1.66. The van der Waals surface area contributed by atoms with Crippen LogP contribution in [0.1, 0.15) is 44.6 Å². The number of methoxy groups -OCH3 is 1. The molecule has 0 aromatic heterocycles. The van der Waals surface area contributed by atoms with Crippen LogP contribution >= 0.6 is 0 Å². The zero-order chi connectivity index (χ0) is 14.6. The van der Waals surface area contributed by atoms with Crippen LogP contribution < -0.4 is 5.32 Å². The van der Waals surface area contributed by atoms with E-state index in [9.17, 15) is 4.79 Å². The summed E-state index contributed by atoms with van der Waals surface area (Å²) in [5, 5.41) is 3.50. The number of benzene rings is 1. The normalized spacial score (nSPS) is 26.1. The summed E-state index contributed by atoms with van der Waals surface area (Å²) in [4.78, 5) is 12.4. The maximum Gasteiger partial charge on any atom is 0.331 e. The lowest BCUT2D eigenvalue weighted by atomic mass is 9.71. The van der Waals surface area contributed by atoms with Crippen LogP contribution in [-0.2, 0) is 9.53 Å². The molecule has 0 bridgehead atoms. The van der Waals surface area contributed by atoms with Crippen molar-refractivity contribution in [2.75, 3.05) is 12.4 Å². The predicted octanol–water partition coefficient (Wildman–Crippen LogP) is 3.92. The first-order chi connectivity index (χ1) is 9.62. The summed E-state index contributed by atoms with van der Waals surface area (Å²) in [6.45, 7) is 4.22. The molecule has 0 heterocycles. The van der Waals surface area contributed by atoms with Gasteiger partial charge in [0.05, 0.1) is 7.11 Å². The summed E-state index contributed by atoms with van der Waals surface area (Å²) >= 11 is 0. The van der Waals surface area contributed by atoms with Gasteiger partial charge in [-0.15, -0.1) is 0 Å². The van der Waals surface area contributed by atoms with E-state index in [-0.39, 0.29) is 5.97 Å². The fraction of sp³-hybridized carbons (Fsp3) is 0.588. The lowest BCUT2D eigenvalue weighted by Crippen LogP contribution is -2.54. The number of carbonyl (C=O) groups excluding carboxylic acids is 1. The molecule has 1 aromatic carbocycles. The van der Waals surface area contributed by atoms with Crippen LogP contribution in [0, 0.1) is 12.8 Å². The lowest BCUT2D eigenvalue weighted by molar-refractivity contribution is -0.149. The zero-order valence-electron chi connectivity index (χ0n) is 12.7. The molecule has 1 aromatic rings. The van der Waals surface area contributed by atoms with Crippen molar-refractivity contribution in [2.24, 2.45) is 5.92 Å². The quantitative estimate of drug-likeness (QED) is 0.846. The Bertz CT molecular complexity index is 455. The number of carbonyl (C=O) groups is 1. The van der Waals surface area contributed by atoms with Crippen molar-refractivity contribution in [1.29, 1.82) is 0 Å². The first-order valence-electron chi connectivity index (χ1n) is 7.55. The second-order valence-electron chi connectivity index (χ2n) is 5.80. The molecule has 20 heavy (non-hydrogen) atoms. The predicted molar refractivity (Wildman–Crippen MR) is 81.8 cm³/mol. The molecule has 0 aliphatic heterocycles. The fourth-order valence-electron chi connectivity index (χ4n) is 3.36. The molecule has 2 unspecified atom stereocenters. The minimum absolute atomic E-state index is 0.121. The molecular formula is C17H25NO2. The number of esters is 1. The highest BCUT2D eigenvalue weighted by Crippen LogP contribution is 2.39. The molecule has 1 saturated carbocycles. The standard InChI is InChI=1S/C17H25NO2/c1-4-14-7-5-6-12-17(14,16(19)20-3)18-15-10-8-13(2)9-11-15/h8-11,14,18H,4-7,12H2,1-3H3. The Morgan fingerprint density at radius 2 is 2.05 bits per heavy atom. The SMILES string of the molecule is CCC1CCCCC1(Nc1ccc(C)cc1)C(=O)OC. The molecule has 1 N–H and O–H groups in total. The van der Waals surface area contributed by atoms with Gasteiger partial charge >= 0.3 is 5.97 Å². The van der Waals surface area contributed by atoms with E-state index < -0.39 is 5.54 Å². The first kappa shape index (κ1) is 14.9. The van der Waals surface area contributed by atoms with Crippen molar-refractivity contribution in [3.8, 4) is 0 Å². The van der Waals surface area contributed by atoms with Crippen LogP contribution in [0.4, 0.5) is 5.69 Å². The molecule has 0 spiro atoms. The third-order valence-electron chi connectivity index (χ3n) is 4.53. The van der Waals surface area contributed by atoms with Crippen molar-refractivity contribution >= 4 is 11.7 Å². The highest BCUT2D eigenvalue weighted by Gasteiger charge is 2.47. The van der Waals surface area contributed by atoms with Gasteiger partial charge in [0.15, 0.2) is 0 Å². The molecule has 3 nitrogen and oxygen atoms in total. The van der Waals surface area contributed by atoms with Crippen molar-refractivity contribution in [1.82, 2.24) is 0 Å². The van der Waals surface area contributed by atoms with E-state index >= 15 is 0 Å². The number of aryl methyl sites for hydroxylation is 1. The monoisotopic (exact) mass is 275 g/mol. The Morgan fingerprint density at radius 3 is 2.65 bits per heavy atom. The summed E-state index contributed by atoms with van der Waals surface area (Å²) in [5.74, 6) is 0.217. The van der Waals surface area contributed by atoms with Gasteiger partial charge in [-0.2, -0.15) is 0 Å². The second-order valence-corrected chi connectivity index (χ2v) is 5.80. The van der Waals surface area contributed by atoms with Gasteiger partial charge in [-0.05, 0) is 37.8 Å². The summed E-state index contributed by atoms with van der Waals surface area (Å²) < 4.78 is 5.12. The molecule has 0 radical (unpaired) electrons. The summed E-state index contributed by atoms with van der Waals surface area (Å²) in [7, 11) is 1.49. The van der Waals surface area contributed by atoms with Crippen molar-refractivity contribution in [3.63, 3.8) is 0 Å². The average molecular weight is 275 g/mol. The lowest BCUT2D eigenvalue weighted by Gasteiger charge is -2.42. The highest BCUT2D eigenvalue weighted by atomic mass is 16.5. The van der Waals surface area contributed by atoms with Gasteiger partial charge in [0.25, 0.3) is 0 Å². The van der Waals surface area contributed by atoms with Gasteiger partial charge < -0.3 is 10.1 Å². The maximum atomic E-state index is 12.4. The number of rotatable bonds is 4. The number of hydrogen-bond donors (Lipinski definition) is 1. The maximum absolute atomic E-state index is 12.4. The summed E-state index contributed by atoms with van der Waals surface area (Å²) in [6, 6.07) is 8.22. The molecule has 3 heteroatoms. The molecule has 2 atom stereocenters. The Hall–Kier alpha value is -1.51. The van der Waals surface area contributed by atoms with Gasteiger partial charge in [0.2, 0.25) is 0 Å². The van der Waals surface area contributed by atoms with Gasteiger partial charge in [-0.25, -0.2) is 4.79 Å². The molecule has 2 rings (SSSR count). The number of nitrogens with one attached hydrogen (secondary N) is 1. The van der Waals surface area contributed by atoms with Crippen LogP contribution in [0.15, 0.2) is 24.3 Å². The number of hydrogen-bond acceptors (Lipinski definition) is 3. The molecule has 0 saturated heterocycles. The van der Waals surface area contributed by atoms with Crippen LogP contribution in [0.2, 0.25) is 0 Å². The molecule has 1 fully saturated rings. The Labute approximate surface area is 121 Å². The highest BCUT2D eigenvalue weighted by molar-refractivity contribution is 5.85. The van der Waals surface area contributed by atoms with Crippen LogP contribution in [0.3, 0.4) is 0 Å². The summed E-state index contributed by atoms with van der Waals surface area (Å²) in [6.07, 6.45) is 5.21. The van der Waals surface area contributed by atoms with Crippen LogP contribution in [0.25, 0.3) is 0 Å². The van der Waals surface area contributed by atoms with Gasteiger partial charge in [0, 0.05) is 5.69 Å². The van der Waals surface area contributed by atoms with E-state index in [0.29, 0.717) is 5.92 Å². The fourth-order valence-corrected chi connectivity index (χ4v) is 3.36. The third kappa shape index (κ3) is 2.82. The first-order valence-corrected chi connectivity index (χ1v) is 7.55. The number of ether oxygens (including phenoxy) is 1. The molecular weight excluding hydrogens is 250 g/mol. The van der Waals surface area contributed by atoms with E-state index in [4.69, 9.17) is 4.74 Å². The van der Waals surface area contributed by atoms with Gasteiger partial charge in [-0.1, -0.05) is 43.9 Å². The largest absolute Gasteiger partial charge is 0.467 e. The number of anilines is 1. The van der Waals surface area contributed by atoms with E-state index in [0.717, 1.165) is 31.4 Å². The van der Waals surface area contributed by atoms with E-state index in [1.807, 2.05) is 12.1 Å². The Balaban J connectivity index is 2.31. The zero-order valence-corrected chi connectivity index (χ0v) is 12.7. The third-order valence-corrected chi connectivity index (χ3v) is 4.53. The van der Waals surface area contributed by atoms with Crippen molar-refractivity contribution in [2.45, 2.75) is 51.5 Å². The van der Waals surface area contributed by atoms with Gasteiger partial charge in [-0.3, -0.25) is 0 Å². The minimum atomic E-state index is -0.559. The Morgan fingerprint density at radius 1 is 1.35 bits per heavy atom.